The van der Waals surface area contributed by atoms with Crippen LogP contribution in [0.15, 0.2) is 18.5 Å². The Morgan fingerprint density at radius 2 is 1.43 bits per heavy atom. The highest BCUT2D eigenvalue weighted by Crippen LogP contribution is 2.39. The third kappa shape index (κ3) is 11.4. The average Bonchev–Trinajstić information content (AvgIpc) is 3.22. The van der Waals surface area contributed by atoms with Gasteiger partial charge in [-0.15, -0.1) is 11.3 Å². The Hall–Kier alpha value is -2.56. The molecule has 16 nitrogen and oxygen atoms in total. The molecule has 0 bridgehead atoms. The molecule has 5 heterocycles. The van der Waals surface area contributed by atoms with Gasteiger partial charge in [0.2, 0.25) is 16.0 Å². The molecule has 0 aliphatic carbocycles. The number of thiophene rings is 1. The van der Waals surface area contributed by atoms with Gasteiger partial charge in [-0.3, -0.25) is 14.0 Å². The number of sulfonamides is 1. The largest absolute Gasteiger partial charge is 0.378 e. The Kier molecular flexibility index (Phi) is 12.0. The van der Waals surface area contributed by atoms with E-state index in [-0.39, 0.29) is 5.95 Å². The van der Waals surface area contributed by atoms with Gasteiger partial charge in [0.05, 0.1) is 42.4 Å². The number of hydrogen-bond acceptors (Lipinski definition) is 14. The van der Waals surface area contributed by atoms with E-state index >= 15 is 0 Å². The second kappa shape index (κ2) is 14.7. The summed E-state index contributed by atoms with van der Waals surface area (Å²) < 4.78 is 83.7. The van der Waals surface area contributed by atoms with Crippen molar-refractivity contribution in [1.82, 2.24) is 24.2 Å². The Morgan fingerprint density at radius 3 is 1.93 bits per heavy atom. The second-order valence-electron chi connectivity index (χ2n) is 10.2. The molecule has 2 saturated heterocycles. The third-order valence-corrected chi connectivity index (χ3v) is 9.04. The van der Waals surface area contributed by atoms with Crippen LogP contribution in [0.1, 0.15) is 10.4 Å². The number of fused-ring (bicyclic) bond motifs is 1. The summed E-state index contributed by atoms with van der Waals surface area (Å²) in [7, 11) is -10.5. The van der Waals surface area contributed by atoms with Crippen LogP contribution in [0, 0.1) is 6.92 Å². The molecular formula is C24H37N7O9S4. The highest BCUT2D eigenvalue weighted by Gasteiger charge is 2.26. The molecule has 0 atom stereocenters. The van der Waals surface area contributed by atoms with Gasteiger partial charge in [0.15, 0.2) is 0 Å². The summed E-state index contributed by atoms with van der Waals surface area (Å²) in [5.41, 5.74) is 8.57. The molecule has 4 N–H and O–H groups in total. The molecule has 3 aromatic heterocycles. The third-order valence-electron chi connectivity index (χ3n) is 6.45. The standard InChI is InChI=1S/C22H29N7O3S2.2CH4O3S/c1-15-17-11-18(16-12-24-22(23)25-13-16)26-21(28-7-9-32-10-8-28)20(17)33-19(15)14-27-3-5-29(6-4-27)34(2,30)31;2*1-5(2,3)4/h11-13H,3-10,14H2,1-2H3,(H2,23,24,25);2*1H3,(H,2,3,4). The molecule has 0 unspecified atom stereocenters. The molecule has 2 aliphatic rings. The molecule has 0 amide bonds. The number of nitrogens with zero attached hydrogens (tertiary/aromatic N) is 6. The maximum absolute atomic E-state index is 11.9. The number of morpholine rings is 1. The number of anilines is 2. The van der Waals surface area contributed by atoms with Crippen LogP contribution in [0.4, 0.5) is 11.8 Å². The first-order valence-corrected chi connectivity index (χ1v) is 19.5. The van der Waals surface area contributed by atoms with Gasteiger partial charge in [-0.25, -0.2) is 23.4 Å². The van der Waals surface area contributed by atoms with Gasteiger partial charge in [-0.05, 0) is 18.6 Å². The monoisotopic (exact) mass is 695 g/mol. The highest BCUT2D eigenvalue weighted by molar-refractivity contribution is 7.88. The maximum Gasteiger partial charge on any atom is 0.261 e. The number of pyridine rings is 1. The molecule has 3 aromatic rings. The second-order valence-corrected chi connectivity index (χ2v) is 16.2. The zero-order valence-corrected chi connectivity index (χ0v) is 28.0. The minimum absolute atomic E-state index is 0.239. The smallest absolute Gasteiger partial charge is 0.261 e. The number of hydrogen-bond donors (Lipinski definition) is 3. The number of nitrogen functional groups attached to an aromatic ring is 1. The van der Waals surface area contributed by atoms with E-state index in [1.165, 1.54) is 26.8 Å². The molecule has 2 fully saturated rings. The molecule has 246 valence electrons. The van der Waals surface area contributed by atoms with Crippen molar-refractivity contribution in [2.24, 2.45) is 0 Å². The molecule has 44 heavy (non-hydrogen) atoms. The minimum Gasteiger partial charge on any atom is -0.378 e. The van der Waals surface area contributed by atoms with Crippen molar-refractivity contribution >= 4 is 63.4 Å². The average molecular weight is 696 g/mol. The first-order valence-electron chi connectivity index (χ1n) is 13.2. The number of nitrogens with two attached hydrogens (primary N) is 1. The van der Waals surface area contributed by atoms with Crippen LogP contribution in [-0.4, -0.2) is 130 Å². The molecule has 0 spiro atoms. The zero-order valence-electron chi connectivity index (χ0n) is 24.7. The van der Waals surface area contributed by atoms with Crippen LogP contribution < -0.4 is 10.6 Å². The van der Waals surface area contributed by atoms with Gasteiger partial charge in [0.1, 0.15) is 5.82 Å². The summed E-state index contributed by atoms with van der Waals surface area (Å²) >= 11 is 1.78. The first-order chi connectivity index (χ1) is 20.3. The van der Waals surface area contributed by atoms with Gasteiger partial charge in [-0.1, -0.05) is 0 Å². The predicted molar refractivity (Wildman–Crippen MR) is 169 cm³/mol. The lowest BCUT2D eigenvalue weighted by Gasteiger charge is -2.33. The van der Waals surface area contributed by atoms with Gasteiger partial charge in [0, 0.05) is 74.0 Å². The molecule has 5 rings (SSSR count). The Bertz CT molecular complexity index is 1710. The van der Waals surface area contributed by atoms with Crippen LogP contribution in [0.5, 0.6) is 0 Å². The summed E-state index contributed by atoms with van der Waals surface area (Å²) in [5.74, 6) is 1.21. The molecule has 0 aromatic carbocycles. The van der Waals surface area contributed by atoms with E-state index in [9.17, 15) is 25.3 Å². The number of piperazine rings is 1. The van der Waals surface area contributed by atoms with Crippen LogP contribution in [0.3, 0.4) is 0 Å². The lowest BCUT2D eigenvalue weighted by Crippen LogP contribution is -2.47. The van der Waals surface area contributed by atoms with E-state index in [2.05, 4.69) is 32.8 Å². The van der Waals surface area contributed by atoms with Crippen molar-refractivity contribution in [1.29, 1.82) is 0 Å². The van der Waals surface area contributed by atoms with E-state index < -0.39 is 30.3 Å². The van der Waals surface area contributed by atoms with Crippen molar-refractivity contribution in [2.75, 3.05) is 81.9 Å². The first kappa shape index (κ1) is 35.9. The highest BCUT2D eigenvalue weighted by atomic mass is 32.2. The number of ether oxygens (including phenoxy) is 1. The van der Waals surface area contributed by atoms with E-state index in [0.717, 1.165) is 49.8 Å². The van der Waals surface area contributed by atoms with Crippen molar-refractivity contribution < 1.29 is 39.1 Å². The van der Waals surface area contributed by atoms with Gasteiger partial charge < -0.3 is 15.4 Å². The van der Waals surface area contributed by atoms with Crippen molar-refractivity contribution in [3.63, 3.8) is 0 Å². The zero-order chi connectivity index (χ0) is 32.9. The van der Waals surface area contributed by atoms with E-state index in [1.54, 1.807) is 28.0 Å². The van der Waals surface area contributed by atoms with Gasteiger partial charge in [-0.2, -0.15) is 21.1 Å². The number of rotatable bonds is 5. The van der Waals surface area contributed by atoms with Crippen molar-refractivity contribution in [3.8, 4) is 11.3 Å². The van der Waals surface area contributed by atoms with Gasteiger partial charge >= 0.3 is 0 Å². The van der Waals surface area contributed by atoms with Gasteiger partial charge in [0.25, 0.3) is 20.2 Å². The molecule has 20 heteroatoms. The van der Waals surface area contributed by atoms with Crippen LogP contribution >= 0.6 is 11.3 Å². The quantitative estimate of drug-likeness (QED) is 0.310. The number of aromatic nitrogens is 3. The number of aryl methyl sites for hydroxylation is 1. The molecular weight excluding hydrogens is 659 g/mol. The Morgan fingerprint density at radius 1 is 0.909 bits per heavy atom. The predicted octanol–water partition coefficient (Wildman–Crippen LogP) is 0.566. The Labute approximate surface area is 261 Å². The molecule has 2 aliphatic heterocycles. The fraction of sp³-hybridized carbons (Fsp3) is 0.542. The molecule has 0 saturated carbocycles. The van der Waals surface area contributed by atoms with Crippen LogP contribution in [0.25, 0.3) is 21.3 Å². The summed E-state index contributed by atoms with van der Waals surface area (Å²) in [5, 5.41) is 1.18. The van der Waals surface area contributed by atoms with Crippen molar-refractivity contribution in [2.45, 2.75) is 13.5 Å². The maximum atomic E-state index is 11.9. The van der Waals surface area contributed by atoms with Crippen molar-refractivity contribution in [3.05, 3.63) is 28.9 Å². The topological polar surface area (TPSA) is 227 Å². The van der Waals surface area contributed by atoms with Crippen LogP contribution in [0.2, 0.25) is 0 Å². The summed E-state index contributed by atoms with van der Waals surface area (Å²) in [6, 6.07) is 2.12. The fourth-order valence-corrected chi connectivity index (χ4v) is 6.60. The normalized spacial score (nSPS) is 17.0. The Balaban J connectivity index is 0.000000461. The molecule has 0 radical (unpaired) electrons. The SMILES string of the molecule is CS(=O)(=O)O.CS(=O)(=O)O.Cc1c(CN2CCN(S(C)(=O)=O)CC2)sc2c(N3CCOCC3)nc(-c3cnc(N)nc3)cc12. The summed E-state index contributed by atoms with van der Waals surface area (Å²) in [6.07, 6.45) is 6.13. The summed E-state index contributed by atoms with van der Waals surface area (Å²) in [4.78, 5) is 19.2. The lowest BCUT2D eigenvalue weighted by atomic mass is 10.1. The van der Waals surface area contributed by atoms with E-state index in [4.69, 9.17) is 24.6 Å². The minimum atomic E-state index is -3.67. The fourth-order valence-electron chi connectivity index (χ4n) is 4.43. The van der Waals surface area contributed by atoms with E-state index in [1.807, 2.05) is 0 Å². The summed E-state index contributed by atoms with van der Waals surface area (Å²) in [6.45, 7) is 8.42. The lowest BCUT2D eigenvalue weighted by molar-refractivity contribution is 0.122. The van der Waals surface area contributed by atoms with Crippen LogP contribution in [-0.2, 0) is 41.5 Å². The van der Waals surface area contributed by atoms with E-state index in [0.29, 0.717) is 38.8 Å².